The number of ether oxygens (including phenoxy) is 1. The molecule has 1 aliphatic rings. The SMILES string of the molecule is OC(c1ccc(Br)cn1)C1CCOC1. The van der Waals surface area contributed by atoms with E-state index >= 15 is 0 Å². The van der Waals surface area contributed by atoms with Gasteiger partial charge in [-0.15, -0.1) is 0 Å². The maximum Gasteiger partial charge on any atom is 0.101 e. The molecule has 0 radical (unpaired) electrons. The topological polar surface area (TPSA) is 42.4 Å². The van der Waals surface area contributed by atoms with Gasteiger partial charge in [0.15, 0.2) is 0 Å². The zero-order valence-corrected chi connectivity index (χ0v) is 9.27. The molecule has 2 unspecified atom stereocenters. The minimum absolute atomic E-state index is 0.198. The normalized spacial score (nSPS) is 23.7. The van der Waals surface area contributed by atoms with Crippen LogP contribution >= 0.6 is 15.9 Å². The average molecular weight is 258 g/mol. The van der Waals surface area contributed by atoms with Crippen molar-refractivity contribution in [1.82, 2.24) is 4.98 Å². The van der Waals surface area contributed by atoms with Crippen LogP contribution in [0.3, 0.4) is 0 Å². The van der Waals surface area contributed by atoms with Gasteiger partial charge in [-0.1, -0.05) is 0 Å². The Morgan fingerprint density at radius 3 is 3.00 bits per heavy atom. The summed E-state index contributed by atoms with van der Waals surface area (Å²) in [6, 6.07) is 3.73. The summed E-state index contributed by atoms with van der Waals surface area (Å²) in [5.41, 5.74) is 0.726. The molecule has 0 spiro atoms. The number of aromatic nitrogens is 1. The summed E-state index contributed by atoms with van der Waals surface area (Å²) < 4.78 is 6.15. The van der Waals surface area contributed by atoms with Crippen LogP contribution in [-0.2, 0) is 4.74 Å². The molecule has 0 bridgehead atoms. The highest BCUT2D eigenvalue weighted by atomic mass is 79.9. The lowest BCUT2D eigenvalue weighted by Crippen LogP contribution is -2.13. The van der Waals surface area contributed by atoms with E-state index in [-0.39, 0.29) is 5.92 Å². The summed E-state index contributed by atoms with van der Waals surface area (Å²) in [6.45, 7) is 1.39. The third-order valence-electron chi connectivity index (χ3n) is 2.46. The number of rotatable bonds is 2. The predicted molar refractivity (Wildman–Crippen MR) is 55.8 cm³/mol. The van der Waals surface area contributed by atoms with Gasteiger partial charge in [0.1, 0.15) is 6.10 Å². The van der Waals surface area contributed by atoms with Crippen LogP contribution in [0, 0.1) is 5.92 Å². The molecular weight excluding hydrogens is 246 g/mol. The van der Waals surface area contributed by atoms with E-state index in [4.69, 9.17) is 4.74 Å². The Morgan fingerprint density at radius 1 is 1.57 bits per heavy atom. The van der Waals surface area contributed by atoms with Gasteiger partial charge in [0.05, 0.1) is 12.3 Å². The second kappa shape index (κ2) is 4.38. The van der Waals surface area contributed by atoms with Gasteiger partial charge in [0.2, 0.25) is 0 Å². The van der Waals surface area contributed by atoms with Crippen molar-refractivity contribution in [1.29, 1.82) is 0 Å². The Balaban J connectivity index is 2.09. The van der Waals surface area contributed by atoms with Crippen molar-refractivity contribution in [2.24, 2.45) is 5.92 Å². The first-order valence-electron chi connectivity index (χ1n) is 4.64. The van der Waals surface area contributed by atoms with Gasteiger partial charge in [-0.3, -0.25) is 4.98 Å². The average Bonchev–Trinajstić information content (AvgIpc) is 2.71. The van der Waals surface area contributed by atoms with Crippen molar-refractivity contribution >= 4 is 15.9 Å². The molecule has 1 N–H and O–H groups in total. The molecule has 1 saturated heterocycles. The molecule has 1 aromatic rings. The van der Waals surface area contributed by atoms with Crippen LogP contribution in [0.2, 0.25) is 0 Å². The fourth-order valence-corrected chi connectivity index (χ4v) is 1.84. The van der Waals surface area contributed by atoms with Crippen molar-refractivity contribution in [3.8, 4) is 0 Å². The van der Waals surface area contributed by atoms with Crippen molar-refractivity contribution in [3.63, 3.8) is 0 Å². The van der Waals surface area contributed by atoms with Gasteiger partial charge < -0.3 is 9.84 Å². The number of hydrogen-bond donors (Lipinski definition) is 1. The summed E-state index contributed by atoms with van der Waals surface area (Å²) in [5, 5.41) is 9.95. The number of halogens is 1. The van der Waals surface area contributed by atoms with Crippen LogP contribution in [0.1, 0.15) is 18.2 Å². The summed E-state index contributed by atoms with van der Waals surface area (Å²) >= 11 is 3.31. The van der Waals surface area contributed by atoms with Gasteiger partial charge in [-0.25, -0.2) is 0 Å². The molecule has 2 heterocycles. The minimum Gasteiger partial charge on any atom is -0.386 e. The Kier molecular flexibility index (Phi) is 3.15. The van der Waals surface area contributed by atoms with E-state index in [9.17, 15) is 5.11 Å². The van der Waals surface area contributed by atoms with E-state index in [0.717, 1.165) is 23.2 Å². The van der Waals surface area contributed by atoms with Crippen LogP contribution in [0.4, 0.5) is 0 Å². The smallest absolute Gasteiger partial charge is 0.101 e. The Hall–Kier alpha value is -0.450. The number of nitrogens with zero attached hydrogens (tertiary/aromatic N) is 1. The van der Waals surface area contributed by atoms with Crippen LogP contribution < -0.4 is 0 Å². The van der Waals surface area contributed by atoms with Crippen LogP contribution in [-0.4, -0.2) is 23.3 Å². The van der Waals surface area contributed by atoms with Crippen molar-refractivity contribution in [3.05, 3.63) is 28.5 Å². The number of aliphatic hydroxyl groups excluding tert-OH is 1. The van der Waals surface area contributed by atoms with E-state index in [1.54, 1.807) is 6.20 Å². The second-order valence-electron chi connectivity index (χ2n) is 3.47. The maximum atomic E-state index is 9.95. The molecule has 2 rings (SSSR count). The number of aliphatic hydroxyl groups is 1. The summed E-state index contributed by atoms with van der Waals surface area (Å²) in [6.07, 6.45) is 2.12. The van der Waals surface area contributed by atoms with Gasteiger partial charge in [0, 0.05) is 23.2 Å². The first-order valence-corrected chi connectivity index (χ1v) is 5.44. The lowest BCUT2D eigenvalue weighted by molar-refractivity contribution is 0.0885. The molecule has 0 saturated carbocycles. The minimum atomic E-state index is -0.495. The lowest BCUT2D eigenvalue weighted by atomic mass is 9.99. The third kappa shape index (κ3) is 2.13. The Labute approximate surface area is 91.2 Å². The number of pyridine rings is 1. The molecule has 0 aromatic carbocycles. The standard InChI is InChI=1S/C10H12BrNO2/c11-8-1-2-9(12-5-8)10(13)7-3-4-14-6-7/h1-2,5,7,10,13H,3-4,6H2. The largest absolute Gasteiger partial charge is 0.386 e. The van der Waals surface area contributed by atoms with Crippen LogP contribution in [0.25, 0.3) is 0 Å². The molecular formula is C10H12BrNO2. The van der Waals surface area contributed by atoms with E-state index in [1.807, 2.05) is 12.1 Å². The second-order valence-corrected chi connectivity index (χ2v) is 4.39. The van der Waals surface area contributed by atoms with Crippen LogP contribution in [0.15, 0.2) is 22.8 Å². The molecule has 1 aromatic heterocycles. The fraction of sp³-hybridized carbons (Fsp3) is 0.500. The van der Waals surface area contributed by atoms with Gasteiger partial charge in [-0.05, 0) is 34.5 Å². The molecule has 2 atom stereocenters. The summed E-state index contributed by atoms with van der Waals surface area (Å²) in [7, 11) is 0. The molecule has 1 fully saturated rings. The molecule has 0 amide bonds. The van der Waals surface area contributed by atoms with Gasteiger partial charge in [0.25, 0.3) is 0 Å². The van der Waals surface area contributed by atoms with E-state index < -0.39 is 6.10 Å². The lowest BCUT2D eigenvalue weighted by Gasteiger charge is -2.15. The first kappa shape index (κ1) is 10.1. The molecule has 76 valence electrons. The fourth-order valence-electron chi connectivity index (χ4n) is 1.61. The first-order chi connectivity index (χ1) is 6.77. The summed E-state index contributed by atoms with van der Waals surface area (Å²) in [5.74, 6) is 0.198. The molecule has 1 aliphatic heterocycles. The summed E-state index contributed by atoms with van der Waals surface area (Å²) in [4.78, 5) is 4.17. The zero-order chi connectivity index (χ0) is 9.97. The van der Waals surface area contributed by atoms with Crippen LogP contribution in [0.5, 0.6) is 0 Å². The molecule has 4 heteroatoms. The van der Waals surface area contributed by atoms with Gasteiger partial charge in [-0.2, -0.15) is 0 Å². The Bertz CT molecular complexity index is 295. The monoisotopic (exact) mass is 257 g/mol. The van der Waals surface area contributed by atoms with E-state index in [2.05, 4.69) is 20.9 Å². The van der Waals surface area contributed by atoms with Crippen molar-refractivity contribution in [2.45, 2.75) is 12.5 Å². The highest BCUT2D eigenvalue weighted by Crippen LogP contribution is 2.27. The third-order valence-corrected chi connectivity index (χ3v) is 2.93. The number of hydrogen-bond acceptors (Lipinski definition) is 3. The predicted octanol–water partition coefficient (Wildman–Crippen LogP) is 1.91. The maximum absolute atomic E-state index is 9.95. The highest BCUT2D eigenvalue weighted by Gasteiger charge is 2.25. The van der Waals surface area contributed by atoms with E-state index in [0.29, 0.717) is 6.61 Å². The molecule has 3 nitrogen and oxygen atoms in total. The van der Waals surface area contributed by atoms with Crippen molar-refractivity contribution in [2.75, 3.05) is 13.2 Å². The quantitative estimate of drug-likeness (QED) is 0.881. The van der Waals surface area contributed by atoms with E-state index in [1.165, 1.54) is 0 Å². The Morgan fingerprint density at radius 2 is 2.43 bits per heavy atom. The van der Waals surface area contributed by atoms with Crippen molar-refractivity contribution < 1.29 is 9.84 Å². The van der Waals surface area contributed by atoms with Gasteiger partial charge >= 0.3 is 0 Å². The molecule has 14 heavy (non-hydrogen) atoms. The zero-order valence-electron chi connectivity index (χ0n) is 7.69. The molecule has 0 aliphatic carbocycles. The highest BCUT2D eigenvalue weighted by molar-refractivity contribution is 9.10.